The Bertz CT molecular complexity index is 871. The highest BCUT2D eigenvalue weighted by Crippen LogP contribution is 2.34. The number of nitrogens with one attached hydrogen (secondary N) is 1. The average Bonchev–Trinajstić information content (AvgIpc) is 3.37. The van der Waals surface area contributed by atoms with Crippen molar-refractivity contribution in [1.29, 1.82) is 0 Å². The molecule has 3 aromatic rings. The molecule has 1 aliphatic heterocycles. The number of aromatic amines is 1. The summed E-state index contributed by atoms with van der Waals surface area (Å²) in [6.45, 7) is 4.89. The van der Waals surface area contributed by atoms with Gasteiger partial charge in [-0.1, -0.05) is 32.4 Å². The minimum Gasteiger partial charge on any atom is -0.340 e. The molecule has 27 heavy (non-hydrogen) atoms. The maximum Gasteiger partial charge on any atom is 0.248 e. The first-order valence-corrected chi connectivity index (χ1v) is 9.66. The van der Waals surface area contributed by atoms with Crippen molar-refractivity contribution in [2.45, 2.75) is 51.6 Å². The highest BCUT2D eigenvalue weighted by atomic mass is 16.2. The first-order valence-electron chi connectivity index (χ1n) is 9.66. The SMILES string of the molecule is CC[C@H](C)[C@@H](C(=O)N1CCCCC1c1nc2ccccc2[nH]1)n1cnnn1. The minimum atomic E-state index is -0.394. The first-order chi connectivity index (χ1) is 13.2. The van der Waals surface area contributed by atoms with Gasteiger partial charge >= 0.3 is 0 Å². The zero-order valence-corrected chi connectivity index (χ0v) is 15.7. The fraction of sp³-hybridized carbons (Fsp3) is 0.526. The highest BCUT2D eigenvalue weighted by Gasteiger charge is 2.37. The van der Waals surface area contributed by atoms with Gasteiger partial charge in [-0.2, -0.15) is 0 Å². The van der Waals surface area contributed by atoms with Crippen LogP contribution in [0.4, 0.5) is 0 Å². The van der Waals surface area contributed by atoms with Crippen molar-refractivity contribution in [2.24, 2.45) is 5.92 Å². The molecular formula is C19H25N7O. The smallest absolute Gasteiger partial charge is 0.248 e. The van der Waals surface area contributed by atoms with E-state index in [0.717, 1.165) is 49.1 Å². The number of amides is 1. The number of imidazole rings is 1. The maximum absolute atomic E-state index is 13.6. The number of likely N-dealkylation sites (tertiary alicyclic amines) is 1. The average molecular weight is 367 g/mol. The predicted molar refractivity (Wildman–Crippen MR) is 101 cm³/mol. The highest BCUT2D eigenvalue weighted by molar-refractivity contribution is 5.81. The predicted octanol–water partition coefficient (Wildman–Crippen LogP) is 2.89. The number of para-hydroxylation sites is 2. The molecule has 0 aliphatic carbocycles. The van der Waals surface area contributed by atoms with Gasteiger partial charge in [-0.25, -0.2) is 9.67 Å². The number of fused-ring (bicyclic) bond motifs is 1. The summed E-state index contributed by atoms with van der Waals surface area (Å²) >= 11 is 0. The van der Waals surface area contributed by atoms with E-state index >= 15 is 0 Å². The van der Waals surface area contributed by atoms with Gasteiger partial charge in [0, 0.05) is 6.54 Å². The Morgan fingerprint density at radius 3 is 2.93 bits per heavy atom. The molecule has 3 heterocycles. The molecule has 1 fully saturated rings. The lowest BCUT2D eigenvalue weighted by Crippen LogP contribution is -2.44. The number of hydrogen-bond donors (Lipinski definition) is 1. The molecule has 1 aliphatic rings. The van der Waals surface area contributed by atoms with Gasteiger partial charge in [0.25, 0.3) is 0 Å². The second kappa shape index (κ2) is 7.46. The van der Waals surface area contributed by atoms with E-state index in [1.807, 2.05) is 29.2 Å². The van der Waals surface area contributed by atoms with Gasteiger partial charge in [0.15, 0.2) is 0 Å². The second-order valence-electron chi connectivity index (χ2n) is 7.30. The Labute approximate surface area is 158 Å². The number of aromatic nitrogens is 6. The van der Waals surface area contributed by atoms with Gasteiger partial charge in [-0.15, -0.1) is 5.10 Å². The Morgan fingerprint density at radius 1 is 1.33 bits per heavy atom. The summed E-state index contributed by atoms with van der Waals surface area (Å²) in [6.07, 6.45) is 5.42. The van der Waals surface area contributed by atoms with Crippen LogP contribution in [0.1, 0.15) is 57.4 Å². The van der Waals surface area contributed by atoms with Crippen LogP contribution in [-0.4, -0.2) is 47.5 Å². The van der Waals surface area contributed by atoms with Crippen LogP contribution in [0.3, 0.4) is 0 Å². The zero-order valence-electron chi connectivity index (χ0n) is 15.7. The van der Waals surface area contributed by atoms with E-state index < -0.39 is 6.04 Å². The fourth-order valence-corrected chi connectivity index (χ4v) is 3.92. The molecule has 0 saturated carbocycles. The summed E-state index contributed by atoms with van der Waals surface area (Å²) in [7, 11) is 0. The Balaban J connectivity index is 1.67. The molecule has 0 spiro atoms. The number of tetrazole rings is 1. The second-order valence-corrected chi connectivity index (χ2v) is 7.30. The Morgan fingerprint density at radius 2 is 2.19 bits per heavy atom. The van der Waals surface area contributed by atoms with Gasteiger partial charge in [0.1, 0.15) is 18.2 Å². The molecule has 8 heteroatoms. The van der Waals surface area contributed by atoms with E-state index in [4.69, 9.17) is 4.98 Å². The molecule has 1 aromatic carbocycles. The number of H-pyrrole nitrogens is 1. The minimum absolute atomic E-state index is 0.0401. The van der Waals surface area contributed by atoms with Crippen molar-refractivity contribution in [1.82, 2.24) is 35.1 Å². The van der Waals surface area contributed by atoms with Crippen molar-refractivity contribution in [3.05, 3.63) is 36.4 Å². The van der Waals surface area contributed by atoms with E-state index in [-0.39, 0.29) is 17.9 Å². The van der Waals surface area contributed by atoms with Crippen molar-refractivity contribution in [3.63, 3.8) is 0 Å². The first kappa shape index (κ1) is 17.6. The lowest BCUT2D eigenvalue weighted by atomic mass is 9.94. The van der Waals surface area contributed by atoms with Crippen molar-refractivity contribution in [3.8, 4) is 0 Å². The maximum atomic E-state index is 13.6. The lowest BCUT2D eigenvalue weighted by molar-refractivity contribution is -0.141. The summed E-state index contributed by atoms with van der Waals surface area (Å²) in [4.78, 5) is 23.7. The summed E-state index contributed by atoms with van der Waals surface area (Å²) in [6, 6.07) is 7.55. The standard InChI is InChI=1S/C19H25N7O/c1-3-13(2)17(26-12-20-23-24-26)19(27)25-11-7-6-10-16(25)18-21-14-8-4-5-9-15(14)22-18/h4-5,8-9,12-13,16-17H,3,6-7,10-11H2,1-2H3,(H,21,22)/t13-,16?,17-/m0/s1. The van der Waals surface area contributed by atoms with Crippen LogP contribution in [0.15, 0.2) is 30.6 Å². The zero-order chi connectivity index (χ0) is 18.8. The molecule has 1 amide bonds. The molecule has 8 nitrogen and oxygen atoms in total. The molecule has 0 bridgehead atoms. The van der Waals surface area contributed by atoms with E-state index in [1.165, 1.54) is 6.33 Å². The molecule has 1 saturated heterocycles. The third-order valence-electron chi connectivity index (χ3n) is 5.60. The monoisotopic (exact) mass is 367 g/mol. The lowest BCUT2D eigenvalue weighted by Gasteiger charge is -2.37. The van der Waals surface area contributed by atoms with Gasteiger partial charge in [-0.3, -0.25) is 4.79 Å². The van der Waals surface area contributed by atoms with Crippen molar-refractivity contribution < 1.29 is 4.79 Å². The number of carbonyl (C=O) groups is 1. The number of benzene rings is 1. The molecule has 4 rings (SSSR count). The number of carbonyl (C=O) groups excluding carboxylic acids is 1. The van der Waals surface area contributed by atoms with E-state index in [1.54, 1.807) is 4.68 Å². The summed E-state index contributed by atoms with van der Waals surface area (Å²) in [5, 5.41) is 11.5. The van der Waals surface area contributed by atoms with Gasteiger partial charge in [0.05, 0.1) is 17.1 Å². The van der Waals surface area contributed by atoms with Crippen LogP contribution in [0.25, 0.3) is 11.0 Å². The Hall–Kier alpha value is -2.77. The van der Waals surface area contributed by atoms with Crippen LogP contribution in [0.5, 0.6) is 0 Å². The van der Waals surface area contributed by atoms with Crippen LogP contribution in [0, 0.1) is 5.92 Å². The topological polar surface area (TPSA) is 92.6 Å². The third-order valence-corrected chi connectivity index (χ3v) is 5.60. The van der Waals surface area contributed by atoms with Crippen LogP contribution < -0.4 is 0 Å². The van der Waals surface area contributed by atoms with Crippen LogP contribution >= 0.6 is 0 Å². The van der Waals surface area contributed by atoms with E-state index in [0.29, 0.717) is 0 Å². The van der Waals surface area contributed by atoms with Gasteiger partial charge in [0.2, 0.25) is 5.91 Å². The summed E-state index contributed by atoms with van der Waals surface area (Å²) in [5.41, 5.74) is 1.94. The van der Waals surface area contributed by atoms with Crippen LogP contribution in [-0.2, 0) is 4.79 Å². The number of nitrogens with zero attached hydrogens (tertiary/aromatic N) is 6. The van der Waals surface area contributed by atoms with E-state index in [9.17, 15) is 4.79 Å². The van der Waals surface area contributed by atoms with Crippen molar-refractivity contribution in [2.75, 3.05) is 6.54 Å². The number of piperidine rings is 1. The Kier molecular flexibility index (Phi) is 4.87. The molecule has 2 aromatic heterocycles. The molecule has 0 radical (unpaired) electrons. The van der Waals surface area contributed by atoms with Crippen molar-refractivity contribution >= 4 is 16.9 Å². The number of hydrogen-bond acceptors (Lipinski definition) is 5. The normalized spacial score (nSPS) is 19.9. The number of rotatable bonds is 5. The third kappa shape index (κ3) is 3.31. The van der Waals surface area contributed by atoms with Gasteiger partial charge < -0.3 is 9.88 Å². The molecular weight excluding hydrogens is 342 g/mol. The summed E-state index contributed by atoms with van der Waals surface area (Å²) in [5.74, 6) is 1.07. The van der Waals surface area contributed by atoms with E-state index in [2.05, 4.69) is 34.4 Å². The molecule has 1 N–H and O–H groups in total. The summed E-state index contributed by atoms with van der Waals surface area (Å²) < 4.78 is 1.60. The molecule has 3 atom stereocenters. The van der Waals surface area contributed by atoms with Gasteiger partial charge in [-0.05, 0) is 47.7 Å². The van der Waals surface area contributed by atoms with Crippen LogP contribution in [0.2, 0.25) is 0 Å². The molecule has 1 unspecified atom stereocenters. The molecule has 142 valence electrons. The fourth-order valence-electron chi connectivity index (χ4n) is 3.92. The largest absolute Gasteiger partial charge is 0.340 e. The quantitative estimate of drug-likeness (QED) is 0.748.